The second-order valence-electron chi connectivity index (χ2n) is 6.65. The minimum atomic E-state index is -0.150. The number of carbonyl (C=O) groups is 1. The summed E-state index contributed by atoms with van der Waals surface area (Å²) in [5.41, 5.74) is 9.28. The summed E-state index contributed by atoms with van der Waals surface area (Å²) >= 11 is 0. The van der Waals surface area contributed by atoms with E-state index in [2.05, 4.69) is 40.4 Å². The second-order valence-corrected chi connectivity index (χ2v) is 6.65. The van der Waals surface area contributed by atoms with E-state index >= 15 is 0 Å². The summed E-state index contributed by atoms with van der Waals surface area (Å²) in [6.07, 6.45) is 7.04. The van der Waals surface area contributed by atoms with Gasteiger partial charge in [0.05, 0.1) is 0 Å². The van der Waals surface area contributed by atoms with Crippen molar-refractivity contribution < 1.29 is 9.53 Å². The minimum absolute atomic E-state index is 0.0295. The van der Waals surface area contributed by atoms with Gasteiger partial charge >= 0.3 is 0 Å². The van der Waals surface area contributed by atoms with Crippen molar-refractivity contribution in [1.29, 1.82) is 0 Å². The van der Waals surface area contributed by atoms with Gasteiger partial charge in [-0.15, -0.1) is 0 Å². The van der Waals surface area contributed by atoms with Gasteiger partial charge in [-0.1, -0.05) is 18.2 Å². The molecule has 0 bridgehead atoms. The third-order valence-electron chi connectivity index (χ3n) is 3.95. The monoisotopic (exact) mass is 380 g/mol. The highest BCUT2D eigenvalue weighted by atomic mass is 16.5. The lowest BCUT2D eigenvalue weighted by Crippen LogP contribution is -2.34. The van der Waals surface area contributed by atoms with Gasteiger partial charge in [-0.25, -0.2) is 4.98 Å². The molecule has 3 rings (SSSR count). The maximum Gasteiger partial charge on any atom is 0.258 e. The van der Waals surface area contributed by atoms with Gasteiger partial charge in [-0.2, -0.15) is 0 Å². The van der Waals surface area contributed by atoms with Crippen LogP contribution in [0.4, 0.5) is 0 Å². The number of allylic oxidation sites excluding steroid dienone is 1. The quantitative estimate of drug-likeness (QED) is 0.625. The molecule has 2 heterocycles. The molecule has 1 aromatic carbocycles. The van der Waals surface area contributed by atoms with Crippen LogP contribution in [0.1, 0.15) is 26.3 Å². The van der Waals surface area contributed by atoms with Crippen molar-refractivity contribution >= 4 is 16.8 Å². The topological polar surface area (TPSA) is 93.0 Å². The lowest BCUT2D eigenvalue weighted by Gasteiger charge is -2.09. The Morgan fingerprint density at radius 2 is 2.00 bits per heavy atom. The molecule has 3 aromatic rings. The van der Waals surface area contributed by atoms with Crippen LogP contribution in [0, 0.1) is 6.92 Å². The molecule has 6 nitrogen and oxygen atoms in total. The van der Waals surface area contributed by atoms with E-state index in [1.807, 2.05) is 33.0 Å². The number of nitrogens with two attached hydrogens (primary N) is 1. The molecule has 0 aliphatic heterocycles. The molecule has 0 aliphatic rings. The normalized spacial score (nSPS) is 10.8. The second kappa shape index (κ2) is 10.2. The fourth-order valence-corrected chi connectivity index (χ4v) is 2.59. The number of aryl methyl sites for hydroxylation is 1. The number of fused-ring (bicyclic) bond motifs is 1. The molecule has 148 valence electrons. The van der Waals surface area contributed by atoms with E-state index in [4.69, 9.17) is 10.5 Å². The van der Waals surface area contributed by atoms with Crippen LogP contribution in [-0.4, -0.2) is 28.5 Å². The van der Waals surface area contributed by atoms with Crippen molar-refractivity contribution in [1.82, 2.24) is 15.3 Å². The molecule has 0 atom stereocenters. The zero-order valence-corrected chi connectivity index (χ0v) is 16.8. The van der Waals surface area contributed by atoms with Gasteiger partial charge in [-0.05, 0) is 57.2 Å². The largest absolute Gasteiger partial charge is 0.468 e. The molecule has 0 saturated carbocycles. The number of aromatic nitrogens is 2. The van der Waals surface area contributed by atoms with Crippen molar-refractivity contribution in [3.05, 3.63) is 60.6 Å². The first-order valence-corrected chi connectivity index (χ1v) is 9.23. The standard InChI is InChI=1S/C19H21N3O2.C3H7N/c1-12(2)22-18(23)11-24-19-7-5-15(10-21-19)14-4-6-16-13(3)9-20-17(16)8-14;1-2-3-4/h4-10,12,20H,11H2,1-3H3,(H,22,23);2-3H,4H2,1H3/b;3-2-. The van der Waals surface area contributed by atoms with Crippen molar-refractivity contribution in [3.63, 3.8) is 0 Å². The summed E-state index contributed by atoms with van der Waals surface area (Å²) in [5, 5.41) is 4.00. The first kappa shape index (κ1) is 21.0. The van der Waals surface area contributed by atoms with Gasteiger partial charge in [0.1, 0.15) is 0 Å². The predicted octanol–water partition coefficient (Wildman–Crippen LogP) is 3.92. The summed E-state index contributed by atoms with van der Waals surface area (Å²) in [6, 6.07) is 10.1. The molecule has 0 unspecified atom stereocenters. The Hall–Kier alpha value is -3.28. The van der Waals surface area contributed by atoms with Crippen molar-refractivity contribution in [3.8, 4) is 17.0 Å². The molecule has 2 aromatic heterocycles. The summed E-state index contributed by atoms with van der Waals surface area (Å²) < 4.78 is 5.40. The Kier molecular flexibility index (Phi) is 7.63. The third-order valence-corrected chi connectivity index (χ3v) is 3.95. The van der Waals surface area contributed by atoms with E-state index < -0.39 is 0 Å². The molecule has 0 fully saturated rings. The predicted molar refractivity (Wildman–Crippen MR) is 114 cm³/mol. The number of ether oxygens (including phenoxy) is 1. The lowest BCUT2D eigenvalue weighted by molar-refractivity contribution is -0.123. The fourth-order valence-electron chi connectivity index (χ4n) is 2.59. The number of pyridine rings is 1. The Balaban J connectivity index is 0.000000640. The average molecular weight is 380 g/mol. The lowest BCUT2D eigenvalue weighted by atomic mass is 10.1. The molecule has 0 spiro atoms. The van der Waals surface area contributed by atoms with Crippen LogP contribution in [0.15, 0.2) is 55.0 Å². The van der Waals surface area contributed by atoms with Gasteiger partial charge < -0.3 is 20.8 Å². The van der Waals surface area contributed by atoms with Crippen LogP contribution in [-0.2, 0) is 4.79 Å². The molecule has 0 saturated heterocycles. The summed E-state index contributed by atoms with van der Waals surface area (Å²) in [5.74, 6) is 0.290. The highest BCUT2D eigenvalue weighted by molar-refractivity contribution is 5.87. The van der Waals surface area contributed by atoms with Gasteiger partial charge in [0, 0.05) is 41.0 Å². The Morgan fingerprint density at radius 1 is 1.29 bits per heavy atom. The van der Waals surface area contributed by atoms with E-state index in [1.165, 1.54) is 17.1 Å². The SMILES string of the molecule is C/C=C\N.Cc1c[nH]c2cc(-c3ccc(OCC(=O)NC(C)C)nc3)ccc12. The van der Waals surface area contributed by atoms with Crippen molar-refractivity contribution in [2.45, 2.75) is 33.7 Å². The molecular formula is C22H28N4O2. The van der Waals surface area contributed by atoms with Crippen molar-refractivity contribution in [2.75, 3.05) is 6.61 Å². The molecular weight excluding hydrogens is 352 g/mol. The van der Waals surface area contributed by atoms with E-state index in [0.29, 0.717) is 5.88 Å². The Labute approximate surface area is 165 Å². The molecule has 4 N–H and O–H groups in total. The maximum absolute atomic E-state index is 11.6. The summed E-state index contributed by atoms with van der Waals surface area (Å²) in [7, 11) is 0. The number of carbonyl (C=O) groups excluding carboxylic acids is 1. The molecule has 0 aliphatic carbocycles. The van der Waals surface area contributed by atoms with Gasteiger partial charge in [0.15, 0.2) is 6.61 Å². The number of nitrogens with one attached hydrogen (secondary N) is 2. The van der Waals surface area contributed by atoms with Crippen LogP contribution in [0.5, 0.6) is 5.88 Å². The highest BCUT2D eigenvalue weighted by Gasteiger charge is 2.06. The van der Waals surface area contributed by atoms with Crippen LogP contribution < -0.4 is 15.8 Å². The highest BCUT2D eigenvalue weighted by Crippen LogP contribution is 2.26. The van der Waals surface area contributed by atoms with E-state index in [1.54, 1.807) is 18.3 Å². The summed E-state index contributed by atoms with van der Waals surface area (Å²) in [4.78, 5) is 19.1. The maximum atomic E-state index is 11.6. The van der Waals surface area contributed by atoms with Crippen LogP contribution in [0.25, 0.3) is 22.0 Å². The van der Waals surface area contributed by atoms with Crippen LogP contribution in [0.3, 0.4) is 0 Å². The Morgan fingerprint density at radius 3 is 2.61 bits per heavy atom. The number of rotatable bonds is 5. The van der Waals surface area contributed by atoms with E-state index in [0.717, 1.165) is 16.6 Å². The van der Waals surface area contributed by atoms with Gasteiger partial charge in [0.25, 0.3) is 5.91 Å². The third kappa shape index (κ3) is 5.87. The Bertz CT molecular complexity index is 923. The average Bonchev–Trinajstić information content (AvgIpc) is 3.07. The first-order chi connectivity index (χ1) is 13.4. The fraction of sp³-hybridized carbons (Fsp3) is 0.273. The number of nitrogens with zero attached hydrogens (tertiary/aromatic N) is 1. The van der Waals surface area contributed by atoms with Crippen molar-refractivity contribution in [2.24, 2.45) is 5.73 Å². The number of hydrogen-bond acceptors (Lipinski definition) is 4. The smallest absolute Gasteiger partial charge is 0.258 e. The zero-order chi connectivity index (χ0) is 20.5. The molecule has 0 radical (unpaired) electrons. The van der Waals surface area contributed by atoms with Gasteiger partial charge in [0.2, 0.25) is 5.88 Å². The van der Waals surface area contributed by atoms with Gasteiger partial charge in [-0.3, -0.25) is 4.79 Å². The number of aromatic amines is 1. The molecule has 6 heteroatoms. The minimum Gasteiger partial charge on any atom is -0.468 e. The number of benzene rings is 1. The number of hydrogen-bond donors (Lipinski definition) is 3. The number of H-pyrrole nitrogens is 1. The van der Waals surface area contributed by atoms with Crippen LogP contribution >= 0.6 is 0 Å². The van der Waals surface area contributed by atoms with E-state index in [-0.39, 0.29) is 18.6 Å². The van der Waals surface area contributed by atoms with Crippen LogP contribution in [0.2, 0.25) is 0 Å². The molecule has 1 amide bonds. The first-order valence-electron chi connectivity index (χ1n) is 9.23. The zero-order valence-electron chi connectivity index (χ0n) is 16.8. The summed E-state index contributed by atoms with van der Waals surface area (Å²) in [6.45, 7) is 7.75. The van der Waals surface area contributed by atoms with E-state index in [9.17, 15) is 4.79 Å². The number of amides is 1. The molecule has 28 heavy (non-hydrogen) atoms.